The molecule has 3 heterocycles. The lowest BCUT2D eigenvalue weighted by atomic mass is 10.2. The largest absolute Gasteiger partial charge is 0.369 e. The molecular formula is C37H42Br3F2N9. The van der Waals surface area contributed by atoms with Crippen molar-refractivity contribution in [2.75, 3.05) is 21.7 Å². The zero-order valence-corrected chi connectivity index (χ0v) is 33.8. The minimum atomic E-state index is -0.577. The summed E-state index contributed by atoms with van der Waals surface area (Å²) in [5.74, 6) is -1.15. The Morgan fingerprint density at radius 1 is 0.569 bits per heavy atom. The van der Waals surface area contributed by atoms with Crippen molar-refractivity contribution in [3.8, 4) is 0 Å². The minimum absolute atomic E-state index is 0.418. The van der Waals surface area contributed by atoms with E-state index < -0.39 is 11.6 Å². The molecule has 0 saturated carbocycles. The van der Waals surface area contributed by atoms with Crippen LogP contribution < -0.4 is 14.7 Å². The van der Waals surface area contributed by atoms with Crippen molar-refractivity contribution in [3.63, 3.8) is 0 Å². The number of anilines is 3. The monoisotopic (exact) mass is 887 g/mol. The Morgan fingerprint density at radius 2 is 1.02 bits per heavy atom. The number of nitrogens with one attached hydrogen (secondary N) is 3. The SMILES string of the molecule is CC(C)N(Cc1cnc[nH]1)c1ccc(Br)c(Br)c1.CC(C)N(Cc1cnc[nH]1)c1ccc(Br)cc1.CN(Cc1cnc[nH]1)c1cc(F)cc(F)c1. The molecular weight excluding hydrogens is 848 g/mol. The van der Waals surface area contributed by atoms with E-state index in [9.17, 15) is 8.78 Å². The standard InChI is InChI=1S/C13H15Br2N3.C13H16BrN3.C11H11F2N3/c1-9(2)18(7-10-6-16-8-17-10)11-3-4-12(14)13(15)5-11;1-10(2)17(8-12-7-15-9-16-12)13-5-3-11(14)4-6-13;1-16(6-10-5-14-7-15-10)11-3-8(12)2-9(13)4-11/h3-6,8-9H,7H2,1-2H3,(H,16,17);3-7,9-10H,8H2,1-2H3,(H,15,16);2-5,7H,6H2,1H3,(H,14,15). The van der Waals surface area contributed by atoms with Gasteiger partial charge in [-0.15, -0.1) is 0 Å². The lowest BCUT2D eigenvalue weighted by Gasteiger charge is -2.28. The van der Waals surface area contributed by atoms with E-state index in [0.29, 0.717) is 24.3 Å². The Kier molecular flexibility index (Phi) is 15.3. The van der Waals surface area contributed by atoms with Crippen molar-refractivity contribution in [3.05, 3.63) is 140 Å². The molecule has 0 unspecified atom stereocenters. The molecule has 0 radical (unpaired) electrons. The zero-order chi connectivity index (χ0) is 36.9. The van der Waals surface area contributed by atoms with E-state index in [4.69, 9.17) is 0 Å². The molecule has 3 N–H and O–H groups in total. The third-order valence-electron chi connectivity index (χ3n) is 7.68. The van der Waals surface area contributed by atoms with Crippen LogP contribution in [0, 0.1) is 11.6 Å². The summed E-state index contributed by atoms with van der Waals surface area (Å²) in [6, 6.07) is 19.0. The van der Waals surface area contributed by atoms with Gasteiger partial charge in [0.2, 0.25) is 0 Å². The number of hydrogen-bond acceptors (Lipinski definition) is 6. The molecule has 14 heteroatoms. The van der Waals surface area contributed by atoms with E-state index in [2.05, 4.69) is 158 Å². The van der Waals surface area contributed by atoms with Crippen LogP contribution in [0.2, 0.25) is 0 Å². The Labute approximate surface area is 323 Å². The van der Waals surface area contributed by atoms with Gasteiger partial charge in [0.05, 0.1) is 55.7 Å². The highest BCUT2D eigenvalue weighted by atomic mass is 79.9. The van der Waals surface area contributed by atoms with Crippen LogP contribution in [0.15, 0.2) is 112 Å². The Hall–Kier alpha value is -4.01. The number of aromatic nitrogens is 6. The third kappa shape index (κ3) is 12.6. The van der Waals surface area contributed by atoms with E-state index in [0.717, 1.165) is 49.7 Å². The van der Waals surface area contributed by atoms with Gasteiger partial charge >= 0.3 is 0 Å². The first-order valence-corrected chi connectivity index (χ1v) is 18.6. The summed E-state index contributed by atoms with van der Waals surface area (Å²) in [6.45, 7) is 10.9. The average Bonchev–Trinajstić information content (AvgIpc) is 3.90. The number of rotatable bonds is 11. The van der Waals surface area contributed by atoms with Crippen LogP contribution >= 0.6 is 47.8 Å². The Bertz CT molecular complexity index is 1850. The molecule has 6 rings (SSSR count). The first-order chi connectivity index (χ1) is 24.4. The fourth-order valence-electron chi connectivity index (χ4n) is 5.03. The molecule has 0 aliphatic heterocycles. The summed E-state index contributed by atoms with van der Waals surface area (Å²) < 4.78 is 29.2. The molecule has 0 atom stereocenters. The summed E-state index contributed by atoms with van der Waals surface area (Å²) in [5, 5.41) is 0. The van der Waals surface area contributed by atoms with E-state index in [1.54, 1.807) is 37.1 Å². The van der Waals surface area contributed by atoms with Crippen LogP contribution in [-0.2, 0) is 19.6 Å². The number of H-pyrrole nitrogens is 3. The van der Waals surface area contributed by atoms with Gasteiger partial charge in [-0.1, -0.05) is 15.9 Å². The normalized spacial score (nSPS) is 10.7. The maximum atomic E-state index is 13.0. The smallest absolute Gasteiger partial charge is 0.128 e. The van der Waals surface area contributed by atoms with Crippen LogP contribution in [-0.4, -0.2) is 49.0 Å². The first kappa shape index (κ1) is 39.8. The molecule has 51 heavy (non-hydrogen) atoms. The second-order valence-corrected chi connectivity index (χ2v) is 14.9. The lowest BCUT2D eigenvalue weighted by molar-refractivity contribution is 0.582. The molecule has 0 fully saturated rings. The summed E-state index contributed by atoms with van der Waals surface area (Å²) in [5.41, 5.74) is 6.02. The molecule has 0 saturated heterocycles. The van der Waals surface area contributed by atoms with Crippen molar-refractivity contribution < 1.29 is 8.78 Å². The number of nitrogens with zero attached hydrogens (tertiary/aromatic N) is 6. The summed E-state index contributed by atoms with van der Waals surface area (Å²) >= 11 is 10.5. The highest BCUT2D eigenvalue weighted by molar-refractivity contribution is 9.13. The molecule has 6 aromatic rings. The van der Waals surface area contributed by atoms with Crippen LogP contribution in [0.25, 0.3) is 0 Å². The van der Waals surface area contributed by atoms with Gasteiger partial charge in [-0.3, -0.25) is 0 Å². The van der Waals surface area contributed by atoms with Gasteiger partial charge in [-0.05, 0) is 114 Å². The number of imidazole rings is 3. The molecule has 0 bridgehead atoms. The van der Waals surface area contributed by atoms with Gasteiger partial charge in [-0.25, -0.2) is 23.7 Å². The highest BCUT2D eigenvalue weighted by Crippen LogP contribution is 2.29. The van der Waals surface area contributed by atoms with Crippen molar-refractivity contribution >= 4 is 64.9 Å². The summed E-state index contributed by atoms with van der Waals surface area (Å²) in [7, 11) is 1.76. The van der Waals surface area contributed by atoms with Crippen molar-refractivity contribution in [1.82, 2.24) is 29.9 Å². The van der Waals surface area contributed by atoms with E-state index in [1.807, 2.05) is 12.4 Å². The predicted molar refractivity (Wildman–Crippen MR) is 213 cm³/mol. The fraction of sp³-hybridized carbons (Fsp3) is 0.270. The highest BCUT2D eigenvalue weighted by Gasteiger charge is 2.14. The third-order valence-corrected chi connectivity index (χ3v) is 10.1. The fourth-order valence-corrected chi connectivity index (χ4v) is 5.90. The number of aromatic amines is 3. The second-order valence-electron chi connectivity index (χ2n) is 12.2. The number of halogens is 5. The predicted octanol–water partition coefficient (Wildman–Crippen LogP) is 10.3. The topological polar surface area (TPSA) is 95.8 Å². The lowest BCUT2D eigenvalue weighted by Crippen LogP contribution is -2.30. The number of hydrogen-bond donors (Lipinski definition) is 3. The van der Waals surface area contributed by atoms with Gasteiger partial charge < -0.3 is 29.7 Å². The van der Waals surface area contributed by atoms with Crippen molar-refractivity contribution in [2.45, 2.75) is 59.4 Å². The van der Waals surface area contributed by atoms with Crippen LogP contribution in [0.5, 0.6) is 0 Å². The molecule has 3 aromatic carbocycles. The van der Waals surface area contributed by atoms with Crippen LogP contribution in [0.4, 0.5) is 25.8 Å². The Balaban J connectivity index is 0.000000172. The van der Waals surface area contributed by atoms with Gasteiger partial charge in [0.15, 0.2) is 0 Å². The van der Waals surface area contributed by atoms with Gasteiger partial charge in [0, 0.05) is 74.3 Å². The van der Waals surface area contributed by atoms with Crippen molar-refractivity contribution in [2.24, 2.45) is 0 Å². The Morgan fingerprint density at radius 3 is 1.45 bits per heavy atom. The molecule has 270 valence electrons. The summed E-state index contributed by atoms with van der Waals surface area (Å²) in [4.78, 5) is 27.6. The van der Waals surface area contributed by atoms with E-state index in [1.165, 1.54) is 23.5 Å². The molecule has 0 aliphatic rings. The molecule has 9 nitrogen and oxygen atoms in total. The van der Waals surface area contributed by atoms with Crippen LogP contribution in [0.3, 0.4) is 0 Å². The molecule has 0 aliphatic carbocycles. The molecule has 0 spiro atoms. The average molecular weight is 891 g/mol. The first-order valence-electron chi connectivity index (χ1n) is 16.2. The molecule has 3 aromatic heterocycles. The van der Waals surface area contributed by atoms with Gasteiger partial charge in [-0.2, -0.15) is 0 Å². The maximum absolute atomic E-state index is 13.0. The number of benzene rings is 3. The summed E-state index contributed by atoms with van der Waals surface area (Å²) in [6.07, 6.45) is 10.4. The quantitative estimate of drug-likeness (QED) is 0.120. The zero-order valence-electron chi connectivity index (χ0n) is 29.1. The van der Waals surface area contributed by atoms with E-state index in [-0.39, 0.29) is 0 Å². The second kappa shape index (κ2) is 19.6. The van der Waals surface area contributed by atoms with Crippen LogP contribution in [0.1, 0.15) is 44.8 Å². The molecule has 0 amide bonds. The minimum Gasteiger partial charge on any atom is -0.369 e. The van der Waals surface area contributed by atoms with E-state index >= 15 is 0 Å². The van der Waals surface area contributed by atoms with Gasteiger partial charge in [0.1, 0.15) is 11.6 Å². The van der Waals surface area contributed by atoms with Crippen molar-refractivity contribution in [1.29, 1.82) is 0 Å². The maximum Gasteiger partial charge on any atom is 0.128 e. The van der Waals surface area contributed by atoms with Gasteiger partial charge in [0.25, 0.3) is 0 Å².